The Kier molecular flexibility index (Phi) is 5.85. The highest BCUT2D eigenvalue weighted by atomic mass is 32.2. The Labute approximate surface area is 127 Å². The second-order valence-electron chi connectivity index (χ2n) is 5.97. The first-order valence-electron chi connectivity index (χ1n) is 7.78. The average molecular weight is 293 g/mol. The first-order valence-corrected chi connectivity index (χ1v) is 8.66. The summed E-state index contributed by atoms with van der Waals surface area (Å²) in [7, 11) is 0. The van der Waals surface area contributed by atoms with Crippen molar-refractivity contribution < 1.29 is 0 Å². The van der Waals surface area contributed by atoms with Crippen LogP contribution in [-0.4, -0.2) is 27.8 Å². The van der Waals surface area contributed by atoms with Crippen LogP contribution in [0.25, 0.3) is 0 Å². The summed E-state index contributed by atoms with van der Waals surface area (Å²) in [6, 6.07) is 0.731. The van der Waals surface area contributed by atoms with E-state index in [-0.39, 0.29) is 0 Å². The molecule has 0 bridgehead atoms. The third kappa shape index (κ3) is 4.45. The van der Waals surface area contributed by atoms with E-state index in [9.17, 15) is 0 Å². The van der Waals surface area contributed by atoms with Crippen LogP contribution in [0.5, 0.6) is 0 Å². The minimum absolute atomic E-state index is 0.512. The van der Waals surface area contributed by atoms with Crippen LogP contribution in [0, 0.1) is 20.8 Å². The predicted octanol–water partition coefficient (Wildman–Crippen LogP) is 3.80. The van der Waals surface area contributed by atoms with Gasteiger partial charge in [0.1, 0.15) is 0 Å². The summed E-state index contributed by atoms with van der Waals surface area (Å²) in [5.41, 5.74) is 3.42. The molecule has 1 heterocycles. The van der Waals surface area contributed by atoms with Crippen molar-refractivity contribution in [1.29, 1.82) is 0 Å². The second-order valence-corrected chi connectivity index (χ2v) is 7.38. The van der Waals surface area contributed by atoms with Gasteiger partial charge in [-0.25, -0.2) is 9.97 Å². The fourth-order valence-electron chi connectivity index (χ4n) is 2.66. The normalized spacial score (nSPS) is 18.2. The van der Waals surface area contributed by atoms with Crippen molar-refractivity contribution in [1.82, 2.24) is 15.3 Å². The van der Waals surface area contributed by atoms with Crippen LogP contribution in [-0.2, 0) is 0 Å². The number of hydrogen-bond donors (Lipinski definition) is 1. The van der Waals surface area contributed by atoms with Crippen molar-refractivity contribution >= 4 is 11.8 Å². The summed E-state index contributed by atoms with van der Waals surface area (Å²) in [6.45, 7) is 9.53. The van der Waals surface area contributed by atoms with Gasteiger partial charge < -0.3 is 5.32 Å². The SMILES string of the molecule is Cc1nc(SC(C)CNC2CCCCC2)nc(C)c1C. The van der Waals surface area contributed by atoms with Crippen molar-refractivity contribution in [2.75, 3.05) is 6.54 Å². The molecule has 0 amide bonds. The molecule has 0 aromatic carbocycles. The molecule has 4 heteroatoms. The van der Waals surface area contributed by atoms with E-state index in [0.717, 1.165) is 29.1 Å². The number of aromatic nitrogens is 2. The molecule has 1 aromatic heterocycles. The molecule has 0 radical (unpaired) electrons. The zero-order chi connectivity index (χ0) is 14.5. The molecule has 20 heavy (non-hydrogen) atoms. The molecule has 1 N–H and O–H groups in total. The van der Waals surface area contributed by atoms with Crippen LogP contribution >= 0.6 is 11.8 Å². The van der Waals surface area contributed by atoms with E-state index >= 15 is 0 Å². The number of nitrogens with zero attached hydrogens (tertiary/aromatic N) is 2. The Morgan fingerprint density at radius 2 is 1.70 bits per heavy atom. The summed E-state index contributed by atoms with van der Waals surface area (Å²) in [5, 5.41) is 5.14. The Balaban J connectivity index is 1.83. The number of aryl methyl sites for hydroxylation is 2. The molecule has 3 nitrogen and oxygen atoms in total. The van der Waals surface area contributed by atoms with Crippen molar-refractivity contribution in [2.45, 2.75) is 76.2 Å². The maximum Gasteiger partial charge on any atom is 0.188 e. The molecule has 1 aromatic rings. The van der Waals surface area contributed by atoms with Crippen LogP contribution in [0.2, 0.25) is 0 Å². The molecular formula is C16H27N3S. The van der Waals surface area contributed by atoms with E-state index in [0.29, 0.717) is 5.25 Å². The van der Waals surface area contributed by atoms with Crippen LogP contribution in [0.3, 0.4) is 0 Å². The molecule has 0 spiro atoms. The highest BCUT2D eigenvalue weighted by Crippen LogP contribution is 2.22. The van der Waals surface area contributed by atoms with Gasteiger partial charge in [-0.15, -0.1) is 0 Å². The molecule has 0 saturated heterocycles. The average Bonchev–Trinajstić information content (AvgIpc) is 2.43. The standard InChI is InChI=1S/C16H27N3S/c1-11(10-17-15-8-6-5-7-9-15)20-16-18-13(3)12(2)14(4)19-16/h11,15,17H,5-10H2,1-4H3. The molecule has 1 unspecified atom stereocenters. The molecule has 1 fully saturated rings. The van der Waals surface area contributed by atoms with Gasteiger partial charge in [0.15, 0.2) is 5.16 Å². The van der Waals surface area contributed by atoms with E-state index in [1.807, 2.05) is 0 Å². The lowest BCUT2D eigenvalue weighted by molar-refractivity contribution is 0.375. The molecule has 1 aliphatic rings. The van der Waals surface area contributed by atoms with Gasteiger partial charge in [-0.05, 0) is 39.2 Å². The fraction of sp³-hybridized carbons (Fsp3) is 0.750. The first-order chi connectivity index (χ1) is 9.56. The summed E-state index contributed by atoms with van der Waals surface area (Å²) in [5.74, 6) is 0. The lowest BCUT2D eigenvalue weighted by Crippen LogP contribution is -2.35. The zero-order valence-electron chi connectivity index (χ0n) is 13.2. The van der Waals surface area contributed by atoms with Crippen LogP contribution in [0.1, 0.15) is 56.0 Å². The van der Waals surface area contributed by atoms with Crippen molar-refractivity contribution in [2.24, 2.45) is 0 Å². The first kappa shape index (κ1) is 15.8. The molecule has 0 aliphatic heterocycles. The van der Waals surface area contributed by atoms with E-state index < -0.39 is 0 Å². The summed E-state index contributed by atoms with van der Waals surface area (Å²) in [4.78, 5) is 9.18. The number of thioether (sulfide) groups is 1. The van der Waals surface area contributed by atoms with Gasteiger partial charge in [0.05, 0.1) is 0 Å². The zero-order valence-corrected chi connectivity index (χ0v) is 14.0. The van der Waals surface area contributed by atoms with Gasteiger partial charge in [-0.2, -0.15) is 0 Å². The second kappa shape index (κ2) is 7.41. The largest absolute Gasteiger partial charge is 0.313 e. The molecule has 2 rings (SSSR count). The van der Waals surface area contributed by atoms with Gasteiger partial charge in [-0.3, -0.25) is 0 Å². The lowest BCUT2D eigenvalue weighted by atomic mass is 9.95. The van der Waals surface area contributed by atoms with Crippen molar-refractivity contribution in [3.8, 4) is 0 Å². The molecule has 1 aliphatic carbocycles. The monoisotopic (exact) mass is 293 g/mol. The van der Waals surface area contributed by atoms with Crippen LogP contribution < -0.4 is 5.32 Å². The highest BCUT2D eigenvalue weighted by Gasteiger charge is 2.15. The number of nitrogens with one attached hydrogen (secondary N) is 1. The van der Waals surface area contributed by atoms with Crippen LogP contribution in [0.15, 0.2) is 5.16 Å². The number of hydrogen-bond acceptors (Lipinski definition) is 4. The van der Waals surface area contributed by atoms with Gasteiger partial charge in [0, 0.05) is 29.2 Å². The van der Waals surface area contributed by atoms with E-state index in [1.165, 1.54) is 37.7 Å². The minimum atomic E-state index is 0.512. The summed E-state index contributed by atoms with van der Waals surface area (Å²) in [6.07, 6.45) is 6.88. The Bertz CT molecular complexity index is 418. The van der Waals surface area contributed by atoms with E-state index in [2.05, 4.69) is 43.0 Å². The molecule has 112 valence electrons. The topological polar surface area (TPSA) is 37.8 Å². The maximum atomic E-state index is 4.59. The smallest absolute Gasteiger partial charge is 0.188 e. The third-order valence-electron chi connectivity index (χ3n) is 4.22. The van der Waals surface area contributed by atoms with E-state index in [4.69, 9.17) is 0 Å². The lowest BCUT2D eigenvalue weighted by Gasteiger charge is -2.24. The minimum Gasteiger partial charge on any atom is -0.313 e. The summed E-state index contributed by atoms with van der Waals surface area (Å²) < 4.78 is 0. The Morgan fingerprint density at radius 1 is 1.10 bits per heavy atom. The van der Waals surface area contributed by atoms with Crippen molar-refractivity contribution in [3.05, 3.63) is 17.0 Å². The van der Waals surface area contributed by atoms with Gasteiger partial charge in [0.25, 0.3) is 0 Å². The fourth-order valence-corrected chi connectivity index (χ4v) is 3.57. The van der Waals surface area contributed by atoms with Gasteiger partial charge in [0.2, 0.25) is 0 Å². The Morgan fingerprint density at radius 3 is 2.30 bits per heavy atom. The third-order valence-corrected chi connectivity index (χ3v) is 5.18. The Hall–Kier alpha value is -0.610. The highest BCUT2D eigenvalue weighted by molar-refractivity contribution is 7.99. The van der Waals surface area contributed by atoms with Gasteiger partial charge >= 0.3 is 0 Å². The van der Waals surface area contributed by atoms with E-state index in [1.54, 1.807) is 11.8 Å². The maximum absolute atomic E-state index is 4.59. The van der Waals surface area contributed by atoms with Gasteiger partial charge in [-0.1, -0.05) is 37.9 Å². The molecule has 1 atom stereocenters. The summed E-state index contributed by atoms with van der Waals surface area (Å²) >= 11 is 1.78. The number of rotatable bonds is 5. The molecule has 1 saturated carbocycles. The predicted molar refractivity (Wildman–Crippen MR) is 86.4 cm³/mol. The quantitative estimate of drug-likeness (QED) is 0.662. The molecular weight excluding hydrogens is 266 g/mol. The van der Waals surface area contributed by atoms with Crippen LogP contribution in [0.4, 0.5) is 0 Å². The van der Waals surface area contributed by atoms with Crippen molar-refractivity contribution in [3.63, 3.8) is 0 Å².